The van der Waals surface area contributed by atoms with Crippen LogP contribution < -0.4 is 0 Å². The maximum atomic E-state index is 12.5. The van der Waals surface area contributed by atoms with Gasteiger partial charge in [0.1, 0.15) is 0 Å². The van der Waals surface area contributed by atoms with Crippen LogP contribution in [0.3, 0.4) is 0 Å². The number of hydrogen-bond donors (Lipinski definition) is 1. The van der Waals surface area contributed by atoms with Crippen LogP contribution >= 0.6 is 0 Å². The second-order valence-electron chi connectivity index (χ2n) is 4.50. The summed E-state index contributed by atoms with van der Waals surface area (Å²) in [5.41, 5.74) is 1.04. The fourth-order valence-electron chi connectivity index (χ4n) is 2.17. The van der Waals surface area contributed by atoms with Crippen molar-refractivity contribution >= 4 is 17.4 Å². The van der Waals surface area contributed by atoms with Gasteiger partial charge in [-0.15, -0.1) is 0 Å². The Balaban J connectivity index is 2.31. The number of carbonyl (C=O) groups excluding carboxylic acids is 1. The highest BCUT2D eigenvalue weighted by atomic mass is 16.4. The molecule has 1 atom stereocenters. The summed E-state index contributed by atoms with van der Waals surface area (Å²) >= 11 is 0. The summed E-state index contributed by atoms with van der Waals surface area (Å²) in [4.78, 5) is 28.8. The molecule has 7 nitrogen and oxygen atoms in total. The molecule has 0 aliphatic rings. The number of nitrogens with zero attached hydrogens (tertiary/aromatic N) is 4. The molecule has 2 aromatic heterocycles. The van der Waals surface area contributed by atoms with Crippen molar-refractivity contribution in [3.8, 4) is 0 Å². The summed E-state index contributed by atoms with van der Waals surface area (Å²) in [6.45, 7) is 3.98. The molecule has 20 heavy (non-hydrogen) atoms. The fourth-order valence-corrected chi connectivity index (χ4v) is 2.17. The summed E-state index contributed by atoms with van der Waals surface area (Å²) < 4.78 is 1.57. The van der Waals surface area contributed by atoms with Gasteiger partial charge in [-0.3, -0.25) is 14.6 Å². The average molecular weight is 276 g/mol. The molecule has 0 saturated carbocycles. The summed E-state index contributed by atoms with van der Waals surface area (Å²) in [6, 6.07) is -0.378. The Bertz CT molecular complexity index is 637. The minimum absolute atomic E-state index is 0.0863. The predicted octanol–water partition coefficient (Wildman–Crippen LogP) is 1.05. The van der Waals surface area contributed by atoms with Crippen molar-refractivity contribution in [3.63, 3.8) is 0 Å². The normalized spacial score (nSPS) is 12.3. The second-order valence-corrected chi connectivity index (χ2v) is 4.50. The third-order valence-corrected chi connectivity index (χ3v) is 3.16. The molecular weight excluding hydrogens is 260 g/mol. The predicted molar refractivity (Wildman–Crippen MR) is 71.4 cm³/mol. The van der Waals surface area contributed by atoms with Crippen molar-refractivity contribution in [2.45, 2.75) is 26.3 Å². The van der Waals surface area contributed by atoms with Crippen LogP contribution in [0.4, 0.5) is 0 Å². The number of aromatic nitrogens is 3. The molecule has 0 fully saturated rings. The first kappa shape index (κ1) is 14.0. The van der Waals surface area contributed by atoms with Gasteiger partial charge in [0.2, 0.25) is 0 Å². The smallest absolute Gasteiger partial charge is 0.305 e. The SMILES string of the molecule is CCN(C(=O)c1cnn2ccncc12)C(C)CC(=O)O. The molecular formula is C13H16N4O3. The van der Waals surface area contributed by atoms with E-state index in [1.807, 2.05) is 6.92 Å². The molecule has 0 aliphatic heterocycles. The number of aliphatic carboxylic acids is 1. The van der Waals surface area contributed by atoms with E-state index in [0.717, 1.165) is 0 Å². The zero-order valence-corrected chi connectivity index (χ0v) is 11.4. The van der Waals surface area contributed by atoms with Crippen molar-refractivity contribution in [3.05, 3.63) is 30.4 Å². The number of fused-ring (bicyclic) bond motifs is 1. The van der Waals surface area contributed by atoms with Crippen LogP contribution in [0.2, 0.25) is 0 Å². The lowest BCUT2D eigenvalue weighted by atomic mass is 10.1. The summed E-state index contributed by atoms with van der Waals surface area (Å²) in [5.74, 6) is -1.16. The Kier molecular flexibility index (Phi) is 3.97. The molecule has 1 N–H and O–H groups in total. The van der Waals surface area contributed by atoms with E-state index >= 15 is 0 Å². The van der Waals surface area contributed by atoms with Gasteiger partial charge in [0.15, 0.2) is 0 Å². The summed E-state index contributed by atoms with van der Waals surface area (Å²) in [5, 5.41) is 12.9. The number of rotatable bonds is 5. The number of carboxylic acids is 1. The summed E-state index contributed by atoms with van der Waals surface area (Å²) in [7, 11) is 0. The summed E-state index contributed by atoms with van der Waals surface area (Å²) in [6.07, 6.45) is 6.20. The van der Waals surface area contributed by atoms with E-state index < -0.39 is 5.97 Å². The minimum Gasteiger partial charge on any atom is -0.481 e. The van der Waals surface area contributed by atoms with Crippen molar-refractivity contribution in [1.82, 2.24) is 19.5 Å². The van der Waals surface area contributed by atoms with Crippen LogP contribution in [0.15, 0.2) is 24.8 Å². The number of carboxylic acid groups (broad SMARTS) is 1. The van der Waals surface area contributed by atoms with E-state index in [1.165, 1.54) is 11.1 Å². The zero-order valence-electron chi connectivity index (χ0n) is 11.4. The van der Waals surface area contributed by atoms with Gasteiger partial charge in [0.25, 0.3) is 5.91 Å². The standard InChI is InChI=1S/C13H16N4O3/c1-3-16(9(2)6-12(18)19)13(20)10-7-15-17-5-4-14-8-11(10)17/h4-5,7-9H,3,6H2,1-2H3,(H,18,19). The van der Waals surface area contributed by atoms with E-state index in [2.05, 4.69) is 10.1 Å². The Morgan fingerprint density at radius 3 is 2.85 bits per heavy atom. The molecule has 1 unspecified atom stereocenters. The molecule has 2 aromatic rings. The number of carbonyl (C=O) groups is 2. The molecule has 2 rings (SSSR count). The van der Waals surface area contributed by atoms with Gasteiger partial charge >= 0.3 is 5.97 Å². The first-order valence-corrected chi connectivity index (χ1v) is 6.34. The first-order valence-electron chi connectivity index (χ1n) is 6.34. The second kappa shape index (κ2) is 5.68. The quantitative estimate of drug-likeness (QED) is 0.882. The van der Waals surface area contributed by atoms with E-state index in [1.54, 1.807) is 30.0 Å². The van der Waals surface area contributed by atoms with Crippen LogP contribution in [-0.2, 0) is 4.79 Å². The van der Waals surface area contributed by atoms with Gasteiger partial charge in [-0.25, -0.2) is 4.52 Å². The van der Waals surface area contributed by atoms with E-state index in [9.17, 15) is 9.59 Å². The van der Waals surface area contributed by atoms with Gasteiger partial charge in [-0.1, -0.05) is 0 Å². The lowest BCUT2D eigenvalue weighted by molar-refractivity contribution is -0.138. The monoisotopic (exact) mass is 276 g/mol. The number of hydrogen-bond acceptors (Lipinski definition) is 4. The van der Waals surface area contributed by atoms with Gasteiger partial charge in [0.05, 0.1) is 29.9 Å². The Hall–Kier alpha value is -2.44. The fraction of sp³-hybridized carbons (Fsp3) is 0.385. The third-order valence-electron chi connectivity index (χ3n) is 3.16. The molecule has 0 spiro atoms. The maximum Gasteiger partial charge on any atom is 0.305 e. The molecule has 0 aliphatic carbocycles. The lowest BCUT2D eigenvalue weighted by Gasteiger charge is -2.26. The van der Waals surface area contributed by atoms with Crippen LogP contribution in [-0.4, -0.2) is 49.1 Å². The van der Waals surface area contributed by atoms with E-state index in [0.29, 0.717) is 17.6 Å². The van der Waals surface area contributed by atoms with Crippen LogP contribution in [0, 0.1) is 0 Å². The van der Waals surface area contributed by atoms with Crippen molar-refractivity contribution in [2.75, 3.05) is 6.54 Å². The molecule has 1 amide bonds. The Morgan fingerprint density at radius 1 is 1.45 bits per heavy atom. The topological polar surface area (TPSA) is 87.8 Å². The first-order chi connectivity index (χ1) is 9.54. The Labute approximate surface area is 115 Å². The third kappa shape index (κ3) is 2.61. The van der Waals surface area contributed by atoms with Crippen LogP contribution in [0.5, 0.6) is 0 Å². The molecule has 2 heterocycles. The van der Waals surface area contributed by atoms with Crippen molar-refractivity contribution in [2.24, 2.45) is 0 Å². The minimum atomic E-state index is -0.926. The highest BCUT2D eigenvalue weighted by Gasteiger charge is 2.24. The highest BCUT2D eigenvalue weighted by Crippen LogP contribution is 2.15. The largest absolute Gasteiger partial charge is 0.481 e. The van der Waals surface area contributed by atoms with Gasteiger partial charge in [-0.05, 0) is 13.8 Å². The number of amides is 1. The lowest BCUT2D eigenvalue weighted by Crippen LogP contribution is -2.39. The molecule has 7 heteroatoms. The van der Waals surface area contributed by atoms with Gasteiger partial charge < -0.3 is 10.0 Å². The molecule has 0 radical (unpaired) electrons. The highest BCUT2D eigenvalue weighted by molar-refractivity contribution is 6.00. The molecule has 0 aromatic carbocycles. The van der Waals surface area contributed by atoms with Crippen LogP contribution in [0.1, 0.15) is 30.6 Å². The Morgan fingerprint density at radius 2 is 2.20 bits per heavy atom. The molecule has 0 saturated heterocycles. The van der Waals surface area contributed by atoms with Crippen molar-refractivity contribution in [1.29, 1.82) is 0 Å². The van der Waals surface area contributed by atoms with Crippen molar-refractivity contribution < 1.29 is 14.7 Å². The van der Waals surface area contributed by atoms with E-state index in [4.69, 9.17) is 5.11 Å². The van der Waals surface area contributed by atoms with Gasteiger partial charge in [0, 0.05) is 25.0 Å². The molecule has 0 bridgehead atoms. The van der Waals surface area contributed by atoms with Gasteiger partial charge in [-0.2, -0.15) is 5.10 Å². The molecule has 106 valence electrons. The van der Waals surface area contributed by atoms with E-state index in [-0.39, 0.29) is 18.4 Å². The zero-order chi connectivity index (χ0) is 14.7. The maximum absolute atomic E-state index is 12.5. The van der Waals surface area contributed by atoms with Crippen LogP contribution in [0.25, 0.3) is 5.52 Å². The average Bonchev–Trinajstić information content (AvgIpc) is 2.82.